The molecule has 3 rings (SSSR count). The molecule has 2 aliphatic rings. The van der Waals surface area contributed by atoms with E-state index in [1.54, 1.807) is 14.2 Å². The fraction of sp³-hybridized carbons (Fsp3) is 0.611. The second-order valence-electron chi connectivity index (χ2n) is 6.49. The highest BCUT2D eigenvalue weighted by molar-refractivity contribution is 5.93. The van der Waals surface area contributed by atoms with Gasteiger partial charge in [-0.3, -0.25) is 4.99 Å². The lowest BCUT2D eigenvalue weighted by Gasteiger charge is -2.18. The van der Waals surface area contributed by atoms with Gasteiger partial charge in [0.2, 0.25) is 0 Å². The highest BCUT2D eigenvalue weighted by Crippen LogP contribution is 2.60. The van der Waals surface area contributed by atoms with Crippen molar-refractivity contribution in [2.45, 2.75) is 32.6 Å². The lowest BCUT2D eigenvalue weighted by molar-refractivity contribution is 0.311. The number of hydrogen-bond acceptors (Lipinski definition) is 3. The molecular weight excluding hydrogens is 290 g/mol. The van der Waals surface area contributed by atoms with Crippen molar-refractivity contribution in [2.75, 3.05) is 32.6 Å². The minimum Gasteiger partial charge on any atom is -0.493 e. The maximum Gasteiger partial charge on any atom is 0.195 e. The third-order valence-corrected chi connectivity index (χ3v) is 4.89. The van der Waals surface area contributed by atoms with E-state index in [9.17, 15) is 0 Å². The normalized spacial score (nSPS) is 19.2. The number of benzene rings is 1. The van der Waals surface area contributed by atoms with E-state index in [1.807, 2.05) is 25.1 Å². The van der Waals surface area contributed by atoms with Gasteiger partial charge in [0, 0.05) is 25.3 Å². The molecule has 1 aromatic rings. The Labute approximate surface area is 138 Å². The van der Waals surface area contributed by atoms with Gasteiger partial charge in [0.25, 0.3) is 0 Å². The summed E-state index contributed by atoms with van der Waals surface area (Å²) in [5.74, 6) is 3.24. The molecule has 0 aliphatic heterocycles. The Bertz CT molecular complexity index is 578. The summed E-state index contributed by atoms with van der Waals surface area (Å²) >= 11 is 0. The molecular formula is C18H27N3O2. The van der Waals surface area contributed by atoms with Gasteiger partial charge in [-0.15, -0.1) is 0 Å². The Morgan fingerprint density at radius 2 is 2.09 bits per heavy atom. The van der Waals surface area contributed by atoms with Crippen molar-refractivity contribution in [1.29, 1.82) is 0 Å². The Balaban J connectivity index is 1.60. The molecule has 2 saturated carbocycles. The molecule has 1 aromatic carbocycles. The van der Waals surface area contributed by atoms with E-state index >= 15 is 0 Å². The van der Waals surface area contributed by atoms with E-state index in [2.05, 4.69) is 15.6 Å². The summed E-state index contributed by atoms with van der Waals surface area (Å²) in [4.78, 5) is 4.33. The van der Waals surface area contributed by atoms with Crippen LogP contribution in [0, 0.1) is 11.3 Å². The minimum absolute atomic E-state index is 0.550. The average molecular weight is 317 g/mol. The van der Waals surface area contributed by atoms with Crippen molar-refractivity contribution < 1.29 is 9.47 Å². The molecule has 0 amide bonds. The van der Waals surface area contributed by atoms with Crippen molar-refractivity contribution in [3.8, 4) is 11.5 Å². The molecule has 0 radical (unpaired) electrons. The molecule has 0 saturated heterocycles. The molecule has 0 heterocycles. The predicted octanol–water partition coefficient (Wildman–Crippen LogP) is 3.27. The van der Waals surface area contributed by atoms with Crippen molar-refractivity contribution >= 4 is 11.6 Å². The largest absolute Gasteiger partial charge is 0.493 e. The number of nitrogens with one attached hydrogen (secondary N) is 2. The number of hydrogen-bond donors (Lipinski definition) is 2. The topological polar surface area (TPSA) is 54.9 Å². The average Bonchev–Trinajstić information content (AvgIpc) is 3.46. The lowest BCUT2D eigenvalue weighted by Crippen LogP contribution is -2.36. The van der Waals surface area contributed by atoms with Crippen LogP contribution in [0.4, 0.5) is 5.69 Å². The number of rotatable bonds is 7. The van der Waals surface area contributed by atoms with Gasteiger partial charge in [0.1, 0.15) is 0 Å². The summed E-state index contributed by atoms with van der Waals surface area (Å²) in [6, 6.07) is 5.84. The number of nitrogens with zero attached hydrogens (tertiary/aromatic N) is 1. The maximum absolute atomic E-state index is 5.55. The third kappa shape index (κ3) is 3.71. The van der Waals surface area contributed by atoms with Crippen LogP contribution in [0.5, 0.6) is 11.5 Å². The Kier molecular flexibility index (Phi) is 4.64. The molecule has 2 fully saturated rings. The number of anilines is 1. The molecule has 5 nitrogen and oxygen atoms in total. The Morgan fingerprint density at radius 1 is 1.30 bits per heavy atom. The predicted molar refractivity (Wildman–Crippen MR) is 93.5 cm³/mol. The molecule has 2 aliphatic carbocycles. The van der Waals surface area contributed by atoms with Crippen LogP contribution in [-0.2, 0) is 0 Å². The van der Waals surface area contributed by atoms with Crippen LogP contribution >= 0.6 is 0 Å². The highest BCUT2D eigenvalue weighted by atomic mass is 16.5. The van der Waals surface area contributed by atoms with E-state index in [1.165, 1.54) is 25.7 Å². The van der Waals surface area contributed by atoms with Gasteiger partial charge in [-0.25, -0.2) is 0 Å². The number of methoxy groups -OCH3 is 1. The first-order chi connectivity index (χ1) is 11.2. The Morgan fingerprint density at radius 3 is 2.65 bits per heavy atom. The van der Waals surface area contributed by atoms with Crippen molar-refractivity contribution in [3.63, 3.8) is 0 Å². The zero-order valence-electron chi connectivity index (χ0n) is 14.3. The first-order valence-corrected chi connectivity index (χ1v) is 8.49. The van der Waals surface area contributed by atoms with Gasteiger partial charge in [0.15, 0.2) is 17.5 Å². The van der Waals surface area contributed by atoms with Gasteiger partial charge >= 0.3 is 0 Å². The van der Waals surface area contributed by atoms with E-state index in [0.29, 0.717) is 12.0 Å². The fourth-order valence-electron chi connectivity index (χ4n) is 3.18. The molecule has 2 N–H and O–H groups in total. The van der Waals surface area contributed by atoms with Crippen molar-refractivity contribution in [3.05, 3.63) is 18.2 Å². The summed E-state index contributed by atoms with van der Waals surface area (Å²) in [6.45, 7) is 3.60. The molecule has 23 heavy (non-hydrogen) atoms. The molecule has 0 spiro atoms. The van der Waals surface area contributed by atoms with Gasteiger partial charge in [0.05, 0.1) is 13.7 Å². The Hall–Kier alpha value is -1.91. The monoisotopic (exact) mass is 317 g/mol. The van der Waals surface area contributed by atoms with Gasteiger partial charge in [-0.2, -0.15) is 0 Å². The maximum atomic E-state index is 5.55. The summed E-state index contributed by atoms with van der Waals surface area (Å²) in [6.07, 6.45) is 5.53. The van der Waals surface area contributed by atoms with Crippen LogP contribution in [-0.4, -0.2) is 33.3 Å². The third-order valence-electron chi connectivity index (χ3n) is 4.89. The second-order valence-corrected chi connectivity index (χ2v) is 6.49. The lowest BCUT2D eigenvalue weighted by atomic mass is 10.0. The summed E-state index contributed by atoms with van der Waals surface area (Å²) in [5, 5.41) is 6.82. The summed E-state index contributed by atoms with van der Waals surface area (Å²) in [5.41, 5.74) is 1.49. The highest BCUT2D eigenvalue weighted by Gasteiger charge is 2.53. The summed E-state index contributed by atoms with van der Waals surface area (Å²) in [7, 11) is 3.46. The standard InChI is InChI=1S/C18H27N3O2/c1-4-23-15-8-7-14(11-16(15)22-3)21-17(19-2)20-12-18(9-10-18)13-5-6-13/h7-8,11,13H,4-6,9-10,12H2,1-3H3,(H2,19,20,21). The van der Waals surface area contributed by atoms with Crippen LogP contribution in [0.15, 0.2) is 23.2 Å². The molecule has 0 bridgehead atoms. The zero-order chi connectivity index (χ0) is 16.3. The molecule has 5 heteroatoms. The SMILES string of the molecule is CCOc1ccc(NC(=NC)NCC2(C3CC3)CC2)cc1OC. The first-order valence-electron chi connectivity index (χ1n) is 8.49. The number of ether oxygens (including phenoxy) is 2. The second kappa shape index (κ2) is 6.69. The van der Waals surface area contributed by atoms with Gasteiger partial charge in [-0.1, -0.05) is 0 Å². The van der Waals surface area contributed by atoms with Gasteiger partial charge in [-0.05, 0) is 56.1 Å². The van der Waals surface area contributed by atoms with Crippen LogP contribution in [0.2, 0.25) is 0 Å². The van der Waals surface area contributed by atoms with Crippen molar-refractivity contribution in [2.24, 2.45) is 16.3 Å². The number of aliphatic imine (C=N–C) groups is 1. The van der Waals surface area contributed by atoms with E-state index in [-0.39, 0.29) is 0 Å². The fourth-order valence-corrected chi connectivity index (χ4v) is 3.18. The first kappa shape index (κ1) is 16.0. The van der Waals surface area contributed by atoms with Crippen molar-refractivity contribution in [1.82, 2.24) is 5.32 Å². The smallest absolute Gasteiger partial charge is 0.195 e. The van der Waals surface area contributed by atoms with E-state index in [4.69, 9.17) is 9.47 Å². The molecule has 0 atom stereocenters. The van der Waals surface area contributed by atoms with Crippen LogP contribution < -0.4 is 20.1 Å². The van der Waals surface area contributed by atoms with Crippen LogP contribution in [0.3, 0.4) is 0 Å². The van der Waals surface area contributed by atoms with Gasteiger partial charge < -0.3 is 20.1 Å². The van der Waals surface area contributed by atoms with Crippen LogP contribution in [0.1, 0.15) is 32.6 Å². The molecule has 126 valence electrons. The van der Waals surface area contributed by atoms with E-state index < -0.39 is 0 Å². The van der Waals surface area contributed by atoms with E-state index in [0.717, 1.165) is 35.6 Å². The van der Waals surface area contributed by atoms with Crippen LogP contribution in [0.25, 0.3) is 0 Å². The number of guanidine groups is 1. The molecule has 0 unspecified atom stereocenters. The minimum atomic E-state index is 0.550. The molecule has 0 aromatic heterocycles. The quantitative estimate of drug-likeness (QED) is 0.598. The summed E-state index contributed by atoms with van der Waals surface area (Å²) < 4.78 is 10.9. The zero-order valence-corrected chi connectivity index (χ0v) is 14.3.